The Hall–Kier alpha value is -3.43. The number of hydrogen-bond donors (Lipinski definition) is 3. The Bertz CT molecular complexity index is 1710. The topological polar surface area (TPSA) is 173 Å². The summed E-state index contributed by atoms with van der Waals surface area (Å²) < 4.78 is 45.4. The van der Waals surface area contributed by atoms with Crippen LogP contribution in [0.4, 0.5) is 0 Å². The highest BCUT2D eigenvalue weighted by Gasteiger charge is 2.62. The van der Waals surface area contributed by atoms with E-state index < -0.39 is 68.1 Å². The summed E-state index contributed by atoms with van der Waals surface area (Å²) in [7, 11) is -2.34. The van der Waals surface area contributed by atoms with E-state index in [1.165, 1.54) is 18.1 Å². The Balaban J connectivity index is 1.45. The minimum atomic E-state index is -3.87. The first-order valence-electron chi connectivity index (χ1n) is 15.5. The third-order valence-corrected chi connectivity index (χ3v) is 11.4. The molecular weight excluding hydrogens is 696 g/mol. The fraction of sp³-hybridized carbons (Fsp3) is 0.562. The van der Waals surface area contributed by atoms with E-state index in [9.17, 15) is 27.9 Å². The van der Waals surface area contributed by atoms with Crippen LogP contribution in [0.3, 0.4) is 0 Å². The van der Waals surface area contributed by atoms with Gasteiger partial charge in [0.2, 0.25) is 21.8 Å². The molecule has 47 heavy (non-hydrogen) atoms. The van der Waals surface area contributed by atoms with Gasteiger partial charge in [-0.2, -0.15) is 0 Å². The monoisotopic (exact) mass is 736 g/mol. The number of pyridine rings is 1. The van der Waals surface area contributed by atoms with Gasteiger partial charge in [-0.05, 0) is 59.7 Å². The maximum Gasteiger partial charge on any atom is 0.259 e. The molecule has 13 nitrogen and oxygen atoms in total. The molecule has 15 heteroatoms. The minimum Gasteiger partial charge on any atom is -0.495 e. The summed E-state index contributed by atoms with van der Waals surface area (Å²) in [4.78, 5) is 46.8. The van der Waals surface area contributed by atoms with Gasteiger partial charge in [0.25, 0.3) is 11.8 Å². The van der Waals surface area contributed by atoms with Gasteiger partial charge >= 0.3 is 0 Å². The number of nitrogens with one attached hydrogen (secondary N) is 2. The highest BCUT2D eigenvalue weighted by molar-refractivity contribution is 9.10. The molecule has 1 saturated heterocycles. The van der Waals surface area contributed by atoms with Crippen LogP contribution in [0.1, 0.15) is 53.4 Å². The van der Waals surface area contributed by atoms with Gasteiger partial charge in [-0.1, -0.05) is 26.8 Å². The molecule has 2 aliphatic carbocycles. The lowest BCUT2D eigenvalue weighted by Crippen LogP contribution is -2.57. The predicted molar refractivity (Wildman–Crippen MR) is 176 cm³/mol. The number of nitrogens with zero attached hydrogens (tertiary/aromatic N) is 2. The quantitative estimate of drug-likeness (QED) is 0.275. The maximum absolute atomic E-state index is 14.0. The molecule has 2 aromatic rings. The van der Waals surface area contributed by atoms with Crippen LogP contribution in [0.5, 0.6) is 17.4 Å². The zero-order valence-corrected chi connectivity index (χ0v) is 29.4. The van der Waals surface area contributed by atoms with Gasteiger partial charge in [0.15, 0.2) is 0 Å². The molecule has 0 spiro atoms. The summed E-state index contributed by atoms with van der Waals surface area (Å²) in [5.41, 5.74) is -1.85. The largest absolute Gasteiger partial charge is 0.495 e. The number of aliphatic hydroxyl groups is 1. The third-order valence-electron chi connectivity index (χ3n) is 8.78. The number of likely N-dealkylation sites (tertiary alicyclic amines) is 1. The number of fused-ring (bicyclic) bond motifs is 1. The number of ether oxygens (including phenoxy) is 3. The van der Waals surface area contributed by atoms with Gasteiger partial charge in [0.1, 0.15) is 35.3 Å². The van der Waals surface area contributed by atoms with Crippen molar-refractivity contribution in [1.82, 2.24) is 19.9 Å². The first-order valence-corrected chi connectivity index (χ1v) is 17.9. The number of benzene rings is 1. The number of hydrogen-bond acceptors (Lipinski definition) is 10. The third kappa shape index (κ3) is 6.93. The van der Waals surface area contributed by atoms with Crippen LogP contribution in [-0.2, 0) is 24.4 Å². The Kier molecular flexibility index (Phi) is 9.56. The van der Waals surface area contributed by atoms with E-state index in [4.69, 9.17) is 14.2 Å². The first kappa shape index (κ1) is 34.9. The molecule has 3 aliphatic rings. The van der Waals surface area contributed by atoms with Crippen LogP contribution in [0.25, 0.3) is 10.9 Å². The van der Waals surface area contributed by atoms with Crippen molar-refractivity contribution in [3.63, 3.8) is 0 Å². The van der Waals surface area contributed by atoms with E-state index in [0.717, 1.165) is 0 Å². The summed E-state index contributed by atoms with van der Waals surface area (Å²) in [6, 6.07) is 4.03. The van der Waals surface area contributed by atoms with Crippen LogP contribution >= 0.6 is 15.9 Å². The average molecular weight is 738 g/mol. The Morgan fingerprint density at radius 1 is 1.26 bits per heavy atom. The highest BCUT2D eigenvalue weighted by atomic mass is 79.9. The molecule has 0 bridgehead atoms. The summed E-state index contributed by atoms with van der Waals surface area (Å²) in [5.74, 6) is -1.44. The molecule has 0 radical (unpaired) electrons. The van der Waals surface area contributed by atoms with Gasteiger partial charge < -0.3 is 29.5 Å². The van der Waals surface area contributed by atoms with Gasteiger partial charge in [-0.3, -0.25) is 19.1 Å². The summed E-state index contributed by atoms with van der Waals surface area (Å²) in [6.45, 7) is 11.0. The zero-order valence-electron chi connectivity index (χ0n) is 27.0. The zero-order chi connectivity index (χ0) is 34.5. The van der Waals surface area contributed by atoms with Crippen molar-refractivity contribution >= 4 is 54.6 Å². The van der Waals surface area contributed by atoms with E-state index in [1.807, 2.05) is 6.92 Å². The number of aliphatic hydroxyl groups excluding tert-OH is 1. The number of carbonyl (C=O) groups is 3. The summed E-state index contributed by atoms with van der Waals surface area (Å²) in [6.07, 6.45) is 0.455. The van der Waals surface area contributed by atoms with Gasteiger partial charge in [0.05, 0.1) is 35.5 Å². The van der Waals surface area contributed by atoms with Crippen molar-refractivity contribution in [1.29, 1.82) is 0 Å². The average Bonchev–Trinajstić information content (AvgIpc) is 3.93. The number of sulfonamides is 1. The molecule has 256 valence electrons. The standard InChI is InChI=1S/C32H41BrN4O9S/c1-7-17-15-32(17,30(41)36-47(42,43)19-9-10-19)35-28(39)21-13-18(16-37(21)29(40)27(38)31(3,4)5)46-23-14-24(45-8-2)34-26-20(23)11-12-22(44-6)25(26)33/h7,11-12,14,17-19,21,27,38H,1,8-10,13,15-16H2,2-6H3,(H,35,39)(H,36,41)/t17?,18-,21+,27-,32-/m1/s1. The fourth-order valence-electron chi connectivity index (χ4n) is 5.76. The molecule has 1 aromatic carbocycles. The molecule has 1 aromatic heterocycles. The molecule has 5 rings (SSSR count). The van der Waals surface area contributed by atoms with Gasteiger partial charge in [0, 0.05) is 23.8 Å². The van der Waals surface area contributed by atoms with Crippen molar-refractivity contribution in [3.8, 4) is 17.4 Å². The van der Waals surface area contributed by atoms with Crippen molar-refractivity contribution in [2.24, 2.45) is 11.3 Å². The van der Waals surface area contributed by atoms with E-state index in [2.05, 4.69) is 37.5 Å². The number of amides is 3. The van der Waals surface area contributed by atoms with Crippen molar-refractivity contribution in [3.05, 3.63) is 35.3 Å². The van der Waals surface area contributed by atoms with Crippen molar-refractivity contribution in [2.45, 2.75) is 82.4 Å². The molecule has 2 heterocycles. The van der Waals surface area contributed by atoms with Crippen LogP contribution in [-0.4, -0.2) is 90.4 Å². The molecule has 1 unspecified atom stereocenters. The molecular formula is C32H41BrN4O9S. The Morgan fingerprint density at radius 2 is 1.96 bits per heavy atom. The lowest BCUT2D eigenvalue weighted by atomic mass is 9.88. The number of rotatable bonds is 12. The number of carbonyl (C=O) groups excluding carboxylic acids is 3. The normalized spacial score (nSPS) is 24.7. The Morgan fingerprint density at radius 3 is 2.53 bits per heavy atom. The molecule has 3 amide bonds. The second kappa shape index (κ2) is 12.9. The van der Waals surface area contributed by atoms with Crippen LogP contribution in [0.2, 0.25) is 0 Å². The minimum absolute atomic E-state index is 0.0242. The lowest BCUT2D eigenvalue weighted by Gasteiger charge is -2.32. The second-order valence-electron chi connectivity index (χ2n) is 13.3. The highest BCUT2D eigenvalue weighted by Crippen LogP contribution is 2.46. The molecule has 3 N–H and O–H groups in total. The van der Waals surface area contributed by atoms with Crippen molar-refractivity contribution < 1.29 is 42.1 Å². The van der Waals surface area contributed by atoms with Gasteiger partial charge in [-0.15, -0.1) is 6.58 Å². The smallest absolute Gasteiger partial charge is 0.259 e. The van der Waals surface area contributed by atoms with E-state index in [1.54, 1.807) is 39.0 Å². The molecule has 5 atom stereocenters. The maximum atomic E-state index is 14.0. The number of aromatic nitrogens is 1. The number of methoxy groups -OCH3 is 1. The predicted octanol–water partition coefficient (Wildman–Crippen LogP) is 2.83. The van der Waals surface area contributed by atoms with E-state index in [-0.39, 0.29) is 19.4 Å². The van der Waals surface area contributed by atoms with Crippen LogP contribution < -0.4 is 24.2 Å². The van der Waals surface area contributed by atoms with Crippen LogP contribution in [0.15, 0.2) is 35.3 Å². The van der Waals surface area contributed by atoms with Crippen molar-refractivity contribution in [2.75, 3.05) is 20.3 Å². The fourth-order valence-corrected chi connectivity index (χ4v) is 7.72. The summed E-state index contributed by atoms with van der Waals surface area (Å²) >= 11 is 3.54. The van der Waals surface area contributed by atoms with E-state index in [0.29, 0.717) is 52.2 Å². The lowest BCUT2D eigenvalue weighted by molar-refractivity contribution is -0.150. The SMILES string of the molecule is C=CC1C[C@]1(NC(=O)[C@@H]1C[C@@H](Oc2cc(OCC)nc3c(Br)c(OC)ccc23)CN1C(=O)[C@@H](O)C(C)(C)C)C(=O)NS(=O)(=O)C1CC1. The number of halogens is 1. The summed E-state index contributed by atoms with van der Waals surface area (Å²) in [5, 5.41) is 13.7. The first-order chi connectivity index (χ1) is 22.1. The molecule has 1 aliphatic heterocycles. The molecule has 3 fully saturated rings. The molecule has 2 saturated carbocycles. The Labute approximate surface area is 282 Å². The second-order valence-corrected chi connectivity index (χ2v) is 16.1. The van der Waals surface area contributed by atoms with Crippen LogP contribution in [0, 0.1) is 11.3 Å². The van der Waals surface area contributed by atoms with Gasteiger partial charge in [-0.25, -0.2) is 13.4 Å². The van der Waals surface area contributed by atoms with E-state index >= 15 is 0 Å².